The number of carboxylic acid groups (broad SMARTS) is 1. The summed E-state index contributed by atoms with van der Waals surface area (Å²) in [7, 11) is 1.58. The third-order valence-corrected chi connectivity index (χ3v) is 4.92. The van der Waals surface area contributed by atoms with Gasteiger partial charge in [0.15, 0.2) is 0 Å². The molecule has 0 aliphatic heterocycles. The Balaban J connectivity index is 2.19. The van der Waals surface area contributed by atoms with Crippen LogP contribution in [0.1, 0.15) is 49.3 Å². The molecule has 0 radical (unpaired) electrons. The summed E-state index contributed by atoms with van der Waals surface area (Å²) in [5, 5.41) is 12.5. The van der Waals surface area contributed by atoms with Gasteiger partial charge < -0.3 is 15.2 Å². The number of aliphatic carboxylic acids is 1. The van der Waals surface area contributed by atoms with Gasteiger partial charge in [0.25, 0.3) is 0 Å². The Hall–Kier alpha value is -2.04. The molecule has 2 atom stereocenters. The highest BCUT2D eigenvalue weighted by atomic mass is 16.5. The molecule has 0 aromatic heterocycles. The van der Waals surface area contributed by atoms with Gasteiger partial charge >= 0.3 is 5.97 Å². The van der Waals surface area contributed by atoms with Crippen LogP contribution < -0.4 is 10.1 Å². The average Bonchev–Trinajstić information content (AvgIpc) is 2.49. The standard InChI is InChI=1S/C19H27NO4/c1-12-6-5-7-19(11-12,18(22)23)20-17(21)10-15-14(3)8-13(2)9-16(15)24-4/h8-9,12H,5-7,10-11H2,1-4H3,(H,20,21)(H,22,23). The van der Waals surface area contributed by atoms with Crippen LogP contribution in [0.25, 0.3) is 0 Å². The van der Waals surface area contributed by atoms with E-state index < -0.39 is 11.5 Å². The maximum absolute atomic E-state index is 12.6. The molecule has 132 valence electrons. The first kappa shape index (κ1) is 18.3. The number of rotatable bonds is 5. The van der Waals surface area contributed by atoms with E-state index in [1.807, 2.05) is 32.9 Å². The maximum Gasteiger partial charge on any atom is 0.329 e. The number of amides is 1. The molecule has 5 heteroatoms. The minimum Gasteiger partial charge on any atom is -0.496 e. The minimum atomic E-state index is -1.14. The number of nitrogens with one attached hydrogen (secondary N) is 1. The molecule has 0 saturated heterocycles. The Bertz CT molecular complexity index is 640. The predicted molar refractivity (Wildman–Crippen MR) is 92.3 cm³/mol. The summed E-state index contributed by atoms with van der Waals surface area (Å²) in [6.07, 6.45) is 2.93. The van der Waals surface area contributed by atoms with Crippen LogP contribution >= 0.6 is 0 Å². The molecule has 1 fully saturated rings. The third kappa shape index (κ3) is 3.89. The number of carbonyl (C=O) groups is 2. The highest BCUT2D eigenvalue weighted by Crippen LogP contribution is 2.33. The van der Waals surface area contributed by atoms with Gasteiger partial charge in [0, 0.05) is 5.56 Å². The van der Waals surface area contributed by atoms with Crippen molar-refractivity contribution in [2.24, 2.45) is 5.92 Å². The normalized spacial score (nSPS) is 23.6. The van der Waals surface area contributed by atoms with Gasteiger partial charge in [-0.3, -0.25) is 4.79 Å². The molecule has 24 heavy (non-hydrogen) atoms. The fourth-order valence-corrected chi connectivity index (χ4v) is 3.75. The molecule has 5 nitrogen and oxygen atoms in total. The van der Waals surface area contributed by atoms with Crippen molar-refractivity contribution in [2.45, 2.75) is 58.4 Å². The number of benzene rings is 1. The predicted octanol–water partition coefficient (Wildman–Crippen LogP) is 3.00. The quantitative estimate of drug-likeness (QED) is 0.868. The van der Waals surface area contributed by atoms with Crippen LogP contribution in [0.4, 0.5) is 0 Å². The number of methoxy groups -OCH3 is 1. The van der Waals surface area contributed by atoms with E-state index in [1.165, 1.54) is 0 Å². The number of aryl methyl sites for hydroxylation is 2. The number of hydrogen-bond acceptors (Lipinski definition) is 3. The highest BCUT2D eigenvalue weighted by molar-refractivity contribution is 5.88. The third-order valence-electron chi connectivity index (χ3n) is 4.92. The molecule has 0 spiro atoms. The second-order valence-electron chi connectivity index (χ2n) is 7.08. The van der Waals surface area contributed by atoms with Crippen LogP contribution in [0.2, 0.25) is 0 Å². The van der Waals surface area contributed by atoms with Gasteiger partial charge in [-0.05, 0) is 49.8 Å². The Morgan fingerprint density at radius 2 is 2.08 bits per heavy atom. The van der Waals surface area contributed by atoms with Crippen LogP contribution in [-0.2, 0) is 16.0 Å². The Labute approximate surface area is 143 Å². The molecule has 1 aromatic rings. The van der Waals surface area contributed by atoms with Crippen molar-refractivity contribution >= 4 is 11.9 Å². The fourth-order valence-electron chi connectivity index (χ4n) is 3.75. The van der Waals surface area contributed by atoms with E-state index in [0.717, 1.165) is 29.5 Å². The number of carboxylic acids is 1. The lowest BCUT2D eigenvalue weighted by Crippen LogP contribution is -2.57. The van der Waals surface area contributed by atoms with Crippen molar-refractivity contribution in [1.82, 2.24) is 5.32 Å². The summed E-state index contributed by atoms with van der Waals surface area (Å²) < 4.78 is 5.39. The van der Waals surface area contributed by atoms with Gasteiger partial charge in [-0.2, -0.15) is 0 Å². The molecule has 2 rings (SSSR count). The van der Waals surface area contributed by atoms with E-state index in [2.05, 4.69) is 5.32 Å². The summed E-state index contributed by atoms with van der Waals surface area (Å²) in [5.74, 6) is -0.235. The summed E-state index contributed by atoms with van der Waals surface area (Å²) in [6, 6.07) is 3.89. The largest absolute Gasteiger partial charge is 0.496 e. The lowest BCUT2D eigenvalue weighted by Gasteiger charge is -2.37. The average molecular weight is 333 g/mol. The van der Waals surface area contributed by atoms with Crippen LogP contribution in [0.15, 0.2) is 12.1 Å². The molecule has 0 heterocycles. The van der Waals surface area contributed by atoms with Gasteiger partial charge in [0.1, 0.15) is 11.3 Å². The summed E-state index contributed by atoms with van der Waals surface area (Å²) >= 11 is 0. The SMILES string of the molecule is COc1cc(C)cc(C)c1CC(=O)NC1(C(=O)O)CCCC(C)C1. The van der Waals surface area contributed by atoms with E-state index in [0.29, 0.717) is 24.5 Å². The minimum absolute atomic E-state index is 0.124. The zero-order valence-corrected chi connectivity index (χ0v) is 14.9. The van der Waals surface area contributed by atoms with Crippen LogP contribution in [0.5, 0.6) is 5.75 Å². The summed E-state index contributed by atoms with van der Waals surface area (Å²) in [5.41, 5.74) is 1.71. The summed E-state index contributed by atoms with van der Waals surface area (Å²) in [6.45, 7) is 5.95. The smallest absolute Gasteiger partial charge is 0.329 e. The van der Waals surface area contributed by atoms with Crippen molar-refractivity contribution in [3.63, 3.8) is 0 Å². The van der Waals surface area contributed by atoms with Gasteiger partial charge in [-0.1, -0.05) is 25.8 Å². The van der Waals surface area contributed by atoms with Crippen LogP contribution in [0.3, 0.4) is 0 Å². The van der Waals surface area contributed by atoms with Gasteiger partial charge in [0.2, 0.25) is 5.91 Å². The van der Waals surface area contributed by atoms with Gasteiger partial charge in [0.05, 0.1) is 13.5 Å². The van der Waals surface area contributed by atoms with Crippen molar-refractivity contribution in [1.29, 1.82) is 0 Å². The molecule has 1 aliphatic rings. The maximum atomic E-state index is 12.6. The van der Waals surface area contributed by atoms with Crippen molar-refractivity contribution in [3.05, 3.63) is 28.8 Å². The molecule has 1 amide bonds. The van der Waals surface area contributed by atoms with E-state index >= 15 is 0 Å². The first-order chi connectivity index (χ1) is 11.3. The van der Waals surface area contributed by atoms with E-state index in [-0.39, 0.29) is 12.3 Å². The zero-order valence-electron chi connectivity index (χ0n) is 14.9. The number of hydrogen-bond donors (Lipinski definition) is 2. The number of ether oxygens (including phenoxy) is 1. The van der Waals surface area contributed by atoms with Crippen molar-refractivity contribution in [2.75, 3.05) is 7.11 Å². The molecule has 2 unspecified atom stereocenters. The van der Waals surface area contributed by atoms with E-state index in [9.17, 15) is 14.7 Å². The molecule has 1 aromatic carbocycles. The van der Waals surface area contributed by atoms with E-state index in [1.54, 1.807) is 7.11 Å². The van der Waals surface area contributed by atoms with Crippen molar-refractivity contribution in [3.8, 4) is 5.75 Å². The molecule has 2 N–H and O–H groups in total. The molecule has 1 aliphatic carbocycles. The molecule has 0 bridgehead atoms. The Morgan fingerprint density at radius 1 is 1.38 bits per heavy atom. The molecular weight excluding hydrogens is 306 g/mol. The molecular formula is C19H27NO4. The topological polar surface area (TPSA) is 75.6 Å². The monoisotopic (exact) mass is 333 g/mol. The molecule has 1 saturated carbocycles. The van der Waals surface area contributed by atoms with Crippen LogP contribution in [0, 0.1) is 19.8 Å². The second kappa shape index (κ2) is 7.24. The van der Waals surface area contributed by atoms with Gasteiger partial charge in [-0.15, -0.1) is 0 Å². The number of carbonyl (C=O) groups excluding carboxylic acids is 1. The Kier molecular flexibility index (Phi) is 5.52. The fraction of sp³-hybridized carbons (Fsp3) is 0.579. The Morgan fingerprint density at radius 3 is 2.67 bits per heavy atom. The van der Waals surface area contributed by atoms with Crippen molar-refractivity contribution < 1.29 is 19.4 Å². The first-order valence-corrected chi connectivity index (χ1v) is 8.46. The first-order valence-electron chi connectivity index (χ1n) is 8.46. The summed E-state index contributed by atoms with van der Waals surface area (Å²) in [4.78, 5) is 24.4. The second-order valence-corrected chi connectivity index (χ2v) is 7.08. The lowest BCUT2D eigenvalue weighted by atomic mass is 9.76. The van der Waals surface area contributed by atoms with Gasteiger partial charge in [-0.25, -0.2) is 4.79 Å². The van der Waals surface area contributed by atoms with E-state index in [4.69, 9.17) is 4.74 Å². The highest BCUT2D eigenvalue weighted by Gasteiger charge is 2.43. The zero-order chi connectivity index (χ0) is 17.9. The van der Waals surface area contributed by atoms with Crippen LogP contribution in [-0.4, -0.2) is 29.6 Å². The lowest BCUT2D eigenvalue weighted by molar-refractivity contribution is -0.150.